The third kappa shape index (κ3) is 2.41. The summed E-state index contributed by atoms with van der Waals surface area (Å²) in [6.07, 6.45) is -1.21. The summed E-state index contributed by atoms with van der Waals surface area (Å²) in [5, 5.41) is 0. The molecule has 0 atom stereocenters. The van der Waals surface area contributed by atoms with E-state index in [1.165, 1.54) is 18.3 Å². The second-order valence-electron chi connectivity index (χ2n) is 4.71. The second-order valence-corrected chi connectivity index (χ2v) is 4.71. The SMILES string of the molecule is NC(=O)c1cn2cccc2c(-c2ccc(C(F)(F)F)cc2)n1. The van der Waals surface area contributed by atoms with Crippen LogP contribution in [-0.4, -0.2) is 15.3 Å². The van der Waals surface area contributed by atoms with Gasteiger partial charge in [0.1, 0.15) is 5.69 Å². The van der Waals surface area contributed by atoms with E-state index in [4.69, 9.17) is 5.73 Å². The molecule has 1 aromatic carbocycles. The molecule has 0 saturated carbocycles. The van der Waals surface area contributed by atoms with Gasteiger partial charge in [0.2, 0.25) is 0 Å². The van der Waals surface area contributed by atoms with Gasteiger partial charge in [0.15, 0.2) is 0 Å². The maximum absolute atomic E-state index is 12.6. The molecular weight excluding hydrogens is 295 g/mol. The van der Waals surface area contributed by atoms with Crippen LogP contribution >= 0.6 is 0 Å². The van der Waals surface area contributed by atoms with Crippen LogP contribution in [0.4, 0.5) is 13.2 Å². The summed E-state index contributed by atoms with van der Waals surface area (Å²) in [7, 11) is 0. The molecule has 0 aliphatic carbocycles. The second kappa shape index (κ2) is 4.87. The number of alkyl halides is 3. The molecule has 2 heterocycles. The Balaban J connectivity index is 2.17. The Morgan fingerprint density at radius 1 is 1.14 bits per heavy atom. The smallest absolute Gasteiger partial charge is 0.364 e. The summed E-state index contributed by atoms with van der Waals surface area (Å²) in [4.78, 5) is 15.5. The molecule has 0 radical (unpaired) electrons. The van der Waals surface area contributed by atoms with Crippen LogP contribution in [0.1, 0.15) is 16.1 Å². The predicted molar refractivity (Wildman–Crippen MR) is 74.1 cm³/mol. The molecule has 3 rings (SSSR count). The lowest BCUT2D eigenvalue weighted by molar-refractivity contribution is -0.137. The number of hydrogen-bond donors (Lipinski definition) is 1. The maximum atomic E-state index is 12.6. The van der Waals surface area contributed by atoms with E-state index >= 15 is 0 Å². The fourth-order valence-corrected chi connectivity index (χ4v) is 2.19. The molecule has 0 bridgehead atoms. The van der Waals surface area contributed by atoms with Crippen molar-refractivity contribution in [1.29, 1.82) is 0 Å². The van der Waals surface area contributed by atoms with Gasteiger partial charge in [-0.2, -0.15) is 13.2 Å². The monoisotopic (exact) mass is 305 g/mol. The van der Waals surface area contributed by atoms with Gasteiger partial charge in [0.25, 0.3) is 5.91 Å². The number of fused-ring (bicyclic) bond motifs is 1. The normalized spacial score (nSPS) is 11.8. The molecule has 0 fully saturated rings. The molecule has 0 aliphatic rings. The van der Waals surface area contributed by atoms with Crippen LogP contribution in [0.5, 0.6) is 0 Å². The maximum Gasteiger partial charge on any atom is 0.416 e. The molecule has 112 valence electrons. The number of nitrogens with two attached hydrogens (primary N) is 1. The molecule has 2 N–H and O–H groups in total. The first-order chi connectivity index (χ1) is 10.4. The van der Waals surface area contributed by atoms with Crippen LogP contribution in [0.3, 0.4) is 0 Å². The molecule has 0 saturated heterocycles. The average Bonchev–Trinajstić information content (AvgIpc) is 2.93. The zero-order valence-electron chi connectivity index (χ0n) is 11.1. The molecule has 0 spiro atoms. The Morgan fingerprint density at radius 2 is 1.82 bits per heavy atom. The first kappa shape index (κ1) is 14.1. The highest BCUT2D eigenvalue weighted by Crippen LogP contribution is 2.31. The number of primary amides is 1. The number of amides is 1. The standard InChI is InChI=1S/C15H10F3N3O/c16-15(17,18)10-5-3-9(4-6-10)13-12-2-1-7-21(12)8-11(20-13)14(19)22/h1-8H,(H2,19,22). The van der Waals surface area contributed by atoms with Crippen LogP contribution < -0.4 is 5.73 Å². The molecule has 1 amide bonds. The minimum absolute atomic E-state index is 0.0404. The molecular formula is C15H10F3N3O. The highest BCUT2D eigenvalue weighted by molar-refractivity contribution is 5.92. The Kier molecular flexibility index (Phi) is 3.13. The molecule has 7 heteroatoms. The van der Waals surface area contributed by atoms with E-state index in [1.807, 2.05) is 0 Å². The van der Waals surface area contributed by atoms with Gasteiger partial charge in [-0.05, 0) is 24.3 Å². The lowest BCUT2D eigenvalue weighted by Gasteiger charge is -2.09. The molecule has 2 aromatic heterocycles. The average molecular weight is 305 g/mol. The van der Waals surface area contributed by atoms with Gasteiger partial charge in [0, 0.05) is 18.0 Å². The van der Waals surface area contributed by atoms with E-state index in [9.17, 15) is 18.0 Å². The van der Waals surface area contributed by atoms with Crippen LogP contribution in [0.2, 0.25) is 0 Å². The molecule has 4 nitrogen and oxygen atoms in total. The number of benzene rings is 1. The van der Waals surface area contributed by atoms with Gasteiger partial charge in [-0.3, -0.25) is 4.79 Å². The predicted octanol–water partition coefficient (Wildman–Crippen LogP) is 3.12. The Hall–Kier alpha value is -2.83. The lowest BCUT2D eigenvalue weighted by atomic mass is 10.1. The van der Waals surface area contributed by atoms with E-state index in [1.54, 1.807) is 22.7 Å². The summed E-state index contributed by atoms with van der Waals surface area (Å²) in [5.41, 5.74) is 6.08. The Bertz CT molecular complexity index is 851. The van der Waals surface area contributed by atoms with Gasteiger partial charge in [-0.1, -0.05) is 12.1 Å². The van der Waals surface area contributed by atoms with Crippen LogP contribution in [-0.2, 0) is 6.18 Å². The molecule has 3 aromatic rings. The van der Waals surface area contributed by atoms with Crippen LogP contribution in [0, 0.1) is 0 Å². The minimum atomic E-state index is -4.40. The topological polar surface area (TPSA) is 60.4 Å². The number of nitrogens with zero attached hydrogens (tertiary/aromatic N) is 2. The number of hydrogen-bond acceptors (Lipinski definition) is 2. The first-order valence-corrected chi connectivity index (χ1v) is 6.31. The first-order valence-electron chi connectivity index (χ1n) is 6.31. The van der Waals surface area contributed by atoms with Gasteiger partial charge in [-0.25, -0.2) is 4.98 Å². The summed E-state index contributed by atoms with van der Waals surface area (Å²) < 4.78 is 39.5. The van der Waals surface area contributed by atoms with Crippen molar-refractivity contribution in [3.8, 4) is 11.3 Å². The van der Waals surface area contributed by atoms with E-state index in [0.29, 0.717) is 16.8 Å². The van der Waals surface area contributed by atoms with E-state index in [-0.39, 0.29) is 5.69 Å². The lowest BCUT2D eigenvalue weighted by Crippen LogP contribution is -2.14. The van der Waals surface area contributed by atoms with Crippen LogP contribution in [0.25, 0.3) is 16.8 Å². The summed E-state index contributed by atoms with van der Waals surface area (Å²) in [5.74, 6) is -0.705. The van der Waals surface area contributed by atoms with E-state index < -0.39 is 17.6 Å². The molecule has 0 aliphatic heterocycles. The zero-order chi connectivity index (χ0) is 15.9. The summed E-state index contributed by atoms with van der Waals surface area (Å²) in [6, 6.07) is 8.10. The third-order valence-corrected chi connectivity index (χ3v) is 3.25. The van der Waals surface area contributed by atoms with E-state index in [0.717, 1.165) is 12.1 Å². The van der Waals surface area contributed by atoms with Crippen molar-refractivity contribution in [3.05, 3.63) is 60.0 Å². The molecule has 0 unspecified atom stereocenters. The van der Waals surface area contributed by atoms with Gasteiger partial charge in [-0.15, -0.1) is 0 Å². The van der Waals surface area contributed by atoms with Crippen molar-refractivity contribution < 1.29 is 18.0 Å². The summed E-state index contributed by atoms with van der Waals surface area (Å²) >= 11 is 0. The highest BCUT2D eigenvalue weighted by Gasteiger charge is 2.30. The van der Waals surface area contributed by atoms with Gasteiger partial charge >= 0.3 is 6.18 Å². The zero-order valence-corrected chi connectivity index (χ0v) is 11.1. The highest BCUT2D eigenvalue weighted by atomic mass is 19.4. The quantitative estimate of drug-likeness (QED) is 0.790. The Labute approximate surface area is 123 Å². The van der Waals surface area contributed by atoms with Crippen molar-refractivity contribution in [1.82, 2.24) is 9.38 Å². The Morgan fingerprint density at radius 3 is 2.41 bits per heavy atom. The minimum Gasteiger partial charge on any atom is -0.364 e. The number of halogens is 3. The number of aromatic nitrogens is 2. The van der Waals surface area contributed by atoms with Crippen molar-refractivity contribution in [2.75, 3.05) is 0 Å². The summed E-state index contributed by atoms with van der Waals surface area (Å²) in [6.45, 7) is 0. The van der Waals surface area contributed by atoms with Crippen molar-refractivity contribution in [2.45, 2.75) is 6.18 Å². The van der Waals surface area contributed by atoms with E-state index in [2.05, 4.69) is 4.98 Å². The van der Waals surface area contributed by atoms with Crippen molar-refractivity contribution >= 4 is 11.4 Å². The fraction of sp³-hybridized carbons (Fsp3) is 0.0667. The van der Waals surface area contributed by atoms with Crippen molar-refractivity contribution in [3.63, 3.8) is 0 Å². The van der Waals surface area contributed by atoms with Gasteiger partial charge in [0.05, 0.1) is 16.8 Å². The van der Waals surface area contributed by atoms with Crippen molar-refractivity contribution in [2.24, 2.45) is 5.73 Å². The largest absolute Gasteiger partial charge is 0.416 e. The molecule has 22 heavy (non-hydrogen) atoms. The third-order valence-electron chi connectivity index (χ3n) is 3.25. The van der Waals surface area contributed by atoms with Gasteiger partial charge < -0.3 is 10.1 Å². The van der Waals surface area contributed by atoms with Crippen LogP contribution in [0.15, 0.2) is 48.8 Å². The fourth-order valence-electron chi connectivity index (χ4n) is 2.19. The number of rotatable bonds is 2. The number of carbonyl (C=O) groups excluding carboxylic acids is 1. The number of carbonyl (C=O) groups is 1.